The zero-order valence-electron chi connectivity index (χ0n) is 8.65. The van der Waals surface area contributed by atoms with E-state index in [0.29, 0.717) is 6.42 Å². The second kappa shape index (κ2) is 4.55. The largest absolute Gasteiger partial charge is 0.481 e. The van der Waals surface area contributed by atoms with Gasteiger partial charge in [-0.2, -0.15) is 0 Å². The van der Waals surface area contributed by atoms with Gasteiger partial charge in [0.15, 0.2) is 0 Å². The van der Waals surface area contributed by atoms with Gasteiger partial charge in [0, 0.05) is 17.5 Å². The summed E-state index contributed by atoms with van der Waals surface area (Å²) in [6.07, 6.45) is 0.547. The number of hydrogen-bond acceptors (Lipinski definition) is 3. The summed E-state index contributed by atoms with van der Waals surface area (Å²) in [6, 6.07) is 0. The Morgan fingerprint density at radius 3 is 2.64 bits per heavy atom. The number of aryl methyl sites for hydroxylation is 1. The highest BCUT2D eigenvalue weighted by Gasteiger charge is 2.22. The number of thiazole rings is 1. The predicted octanol–water partition coefficient (Wildman–Crippen LogP) is 2.35. The van der Waals surface area contributed by atoms with Crippen LogP contribution in [0.15, 0.2) is 5.38 Å². The van der Waals surface area contributed by atoms with Crippen LogP contribution >= 0.6 is 11.3 Å². The van der Waals surface area contributed by atoms with Crippen molar-refractivity contribution in [3.8, 4) is 0 Å². The van der Waals surface area contributed by atoms with Crippen LogP contribution in [0.1, 0.15) is 24.5 Å². The van der Waals surface area contributed by atoms with E-state index >= 15 is 0 Å². The van der Waals surface area contributed by atoms with Crippen LogP contribution in [0.4, 0.5) is 0 Å². The van der Waals surface area contributed by atoms with E-state index in [0.717, 1.165) is 10.7 Å². The average molecular weight is 213 g/mol. The maximum Gasteiger partial charge on any atom is 0.307 e. The standard InChI is InChI=1S/C10H15NO2S/c1-6(2)8(10(12)13)4-9-11-7(3)5-14-9/h5-6,8H,4H2,1-3H3,(H,12,13). The van der Waals surface area contributed by atoms with Crippen molar-refractivity contribution in [3.05, 3.63) is 16.1 Å². The molecule has 0 bridgehead atoms. The van der Waals surface area contributed by atoms with Gasteiger partial charge in [0.1, 0.15) is 0 Å². The summed E-state index contributed by atoms with van der Waals surface area (Å²) < 4.78 is 0. The molecule has 4 heteroatoms. The molecular weight excluding hydrogens is 198 g/mol. The SMILES string of the molecule is Cc1csc(CC(C(=O)O)C(C)C)n1. The molecule has 78 valence electrons. The van der Waals surface area contributed by atoms with Gasteiger partial charge in [-0.3, -0.25) is 4.79 Å². The Hall–Kier alpha value is -0.900. The number of aromatic nitrogens is 1. The molecule has 3 nitrogen and oxygen atoms in total. The first-order valence-electron chi connectivity index (χ1n) is 4.64. The molecule has 0 radical (unpaired) electrons. The minimum atomic E-state index is -0.729. The monoisotopic (exact) mass is 213 g/mol. The van der Waals surface area contributed by atoms with E-state index in [9.17, 15) is 4.79 Å². The second-order valence-electron chi connectivity index (χ2n) is 3.78. The van der Waals surface area contributed by atoms with Crippen molar-refractivity contribution in [2.75, 3.05) is 0 Å². The molecule has 0 aliphatic heterocycles. The third kappa shape index (κ3) is 2.80. The Morgan fingerprint density at radius 1 is 1.64 bits per heavy atom. The minimum absolute atomic E-state index is 0.150. The van der Waals surface area contributed by atoms with Crippen molar-refractivity contribution in [1.82, 2.24) is 4.98 Å². The number of rotatable bonds is 4. The van der Waals surface area contributed by atoms with Gasteiger partial charge in [0.25, 0.3) is 0 Å². The molecule has 1 aromatic rings. The molecule has 0 saturated carbocycles. The number of hydrogen-bond donors (Lipinski definition) is 1. The highest BCUT2D eigenvalue weighted by Crippen LogP contribution is 2.20. The zero-order valence-corrected chi connectivity index (χ0v) is 9.47. The maximum absolute atomic E-state index is 10.9. The van der Waals surface area contributed by atoms with Crippen LogP contribution in [-0.4, -0.2) is 16.1 Å². The van der Waals surface area contributed by atoms with Gasteiger partial charge in [-0.05, 0) is 12.8 Å². The molecule has 0 aliphatic rings. The molecule has 0 aliphatic carbocycles. The van der Waals surface area contributed by atoms with E-state index in [4.69, 9.17) is 5.11 Å². The fraction of sp³-hybridized carbons (Fsp3) is 0.600. The van der Waals surface area contributed by atoms with Crippen LogP contribution in [0.5, 0.6) is 0 Å². The zero-order chi connectivity index (χ0) is 10.7. The molecule has 0 spiro atoms. The smallest absolute Gasteiger partial charge is 0.307 e. The normalized spacial score (nSPS) is 13.1. The molecule has 0 amide bonds. The van der Waals surface area contributed by atoms with Gasteiger partial charge in [-0.1, -0.05) is 13.8 Å². The summed E-state index contributed by atoms with van der Waals surface area (Å²) in [4.78, 5) is 15.2. The molecule has 0 aromatic carbocycles. The van der Waals surface area contributed by atoms with Crippen LogP contribution in [0, 0.1) is 18.8 Å². The molecule has 0 saturated heterocycles. The van der Waals surface area contributed by atoms with Gasteiger partial charge in [0.05, 0.1) is 10.9 Å². The summed E-state index contributed by atoms with van der Waals surface area (Å²) >= 11 is 1.54. The lowest BCUT2D eigenvalue weighted by Gasteiger charge is -2.13. The van der Waals surface area contributed by atoms with Gasteiger partial charge < -0.3 is 5.11 Å². The van der Waals surface area contributed by atoms with Crippen molar-refractivity contribution in [2.24, 2.45) is 11.8 Å². The first-order valence-corrected chi connectivity index (χ1v) is 5.52. The first kappa shape index (κ1) is 11.2. The quantitative estimate of drug-likeness (QED) is 0.835. The van der Waals surface area contributed by atoms with Crippen molar-refractivity contribution < 1.29 is 9.90 Å². The fourth-order valence-corrected chi connectivity index (χ4v) is 2.12. The van der Waals surface area contributed by atoms with Crippen molar-refractivity contribution in [1.29, 1.82) is 0 Å². The summed E-state index contributed by atoms with van der Waals surface area (Å²) in [7, 11) is 0. The van der Waals surface area contributed by atoms with Gasteiger partial charge >= 0.3 is 5.97 Å². The van der Waals surface area contributed by atoms with Crippen LogP contribution < -0.4 is 0 Å². The molecule has 1 N–H and O–H groups in total. The third-order valence-electron chi connectivity index (χ3n) is 2.18. The molecule has 1 heterocycles. The Morgan fingerprint density at radius 2 is 2.29 bits per heavy atom. The van der Waals surface area contributed by atoms with Gasteiger partial charge in [-0.25, -0.2) is 4.98 Å². The number of carboxylic acid groups (broad SMARTS) is 1. The lowest BCUT2D eigenvalue weighted by atomic mass is 9.93. The Balaban J connectivity index is 2.69. The van der Waals surface area contributed by atoms with Gasteiger partial charge in [-0.15, -0.1) is 11.3 Å². The van der Waals surface area contributed by atoms with Crippen LogP contribution in [0.3, 0.4) is 0 Å². The number of carbonyl (C=O) groups is 1. The minimum Gasteiger partial charge on any atom is -0.481 e. The molecule has 1 unspecified atom stereocenters. The number of nitrogens with zero attached hydrogens (tertiary/aromatic N) is 1. The fourth-order valence-electron chi connectivity index (χ4n) is 1.29. The summed E-state index contributed by atoms with van der Waals surface area (Å²) in [5.41, 5.74) is 0.970. The molecule has 14 heavy (non-hydrogen) atoms. The lowest BCUT2D eigenvalue weighted by Crippen LogP contribution is -2.22. The maximum atomic E-state index is 10.9. The summed E-state index contributed by atoms with van der Waals surface area (Å²) in [5, 5.41) is 11.9. The molecular formula is C10H15NO2S. The van der Waals surface area contributed by atoms with Crippen molar-refractivity contribution in [2.45, 2.75) is 27.2 Å². The average Bonchev–Trinajstić information content (AvgIpc) is 2.46. The van der Waals surface area contributed by atoms with Crippen molar-refractivity contribution in [3.63, 3.8) is 0 Å². The Kier molecular flexibility index (Phi) is 3.63. The number of aliphatic carboxylic acids is 1. The molecule has 1 rings (SSSR count). The van der Waals surface area contributed by atoms with Crippen LogP contribution in [0.25, 0.3) is 0 Å². The Bertz CT molecular complexity index is 320. The summed E-state index contributed by atoms with van der Waals surface area (Å²) in [5.74, 6) is -0.898. The highest BCUT2D eigenvalue weighted by atomic mass is 32.1. The third-order valence-corrected chi connectivity index (χ3v) is 3.17. The first-order chi connectivity index (χ1) is 6.50. The van der Waals surface area contributed by atoms with Crippen LogP contribution in [-0.2, 0) is 11.2 Å². The van der Waals surface area contributed by atoms with E-state index in [1.165, 1.54) is 11.3 Å². The van der Waals surface area contributed by atoms with E-state index in [2.05, 4.69) is 4.98 Å². The van der Waals surface area contributed by atoms with Crippen LogP contribution in [0.2, 0.25) is 0 Å². The topological polar surface area (TPSA) is 50.2 Å². The van der Waals surface area contributed by atoms with Crippen molar-refractivity contribution >= 4 is 17.3 Å². The van der Waals surface area contributed by atoms with E-state index in [1.807, 2.05) is 26.2 Å². The second-order valence-corrected chi connectivity index (χ2v) is 4.72. The lowest BCUT2D eigenvalue weighted by molar-refractivity contribution is -0.143. The molecule has 1 aromatic heterocycles. The highest BCUT2D eigenvalue weighted by molar-refractivity contribution is 7.09. The number of carboxylic acids is 1. The van der Waals surface area contributed by atoms with E-state index in [1.54, 1.807) is 0 Å². The molecule has 1 atom stereocenters. The Labute approximate surface area is 87.8 Å². The van der Waals surface area contributed by atoms with E-state index < -0.39 is 5.97 Å². The predicted molar refractivity (Wildman–Crippen MR) is 56.5 cm³/mol. The molecule has 0 fully saturated rings. The van der Waals surface area contributed by atoms with Gasteiger partial charge in [0.2, 0.25) is 0 Å². The summed E-state index contributed by atoms with van der Waals surface area (Å²) in [6.45, 7) is 5.78. The van der Waals surface area contributed by atoms with E-state index in [-0.39, 0.29) is 11.8 Å².